The SMILES string of the molecule is CCOC(=O)c1ccc2[nH]c3c(C(=O)OCC)cccc3c2c1. The number of aromatic nitrogens is 1. The van der Waals surface area contributed by atoms with Crippen LogP contribution in [0, 0.1) is 0 Å². The highest BCUT2D eigenvalue weighted by Gasteiger charge is 2.16. The Balaban J connectivity index is 2.17. The highest BCUT2D eigenvalue weighted by molar-refractivity contribution is 6.15. The van der Waals surface area contributed by atoms with Crippen LogP contribution in [0.25, 0.3) is 21.8 Å². The molecule has 0 aliphatic heterocycles. The monoisotopic (exact) mass is 311 g/mol. The number of ether oxygens (including phenoxy) is 2. The summed E-state index contributed by atoms with van der Waals surface area (Å²) in [6, 6.07) is 10.7. The minimum atomic E-state index is -0.365. The van der Waals surface area contributed by atoms with E-state index in [1.165, 1.54) is 0 Å². The van der Waals surface area contributed by atoms with Crippen LogP contribution in [0.5, 0.6) is 0 Å². The van der Waals surface area contributed by atoms with Crippen LogP contribution in [0.2, 0.25) is 0 Å². The van der Waals surface area contributed by atoms with Gasteiger partial charge in [0, 0.05) is 16.3 Å². The summed E-state index contributed by atoms with van der Waals surface area (Å²) in [5.74, 6) is -0.722. The summed E-state index contributed by atoms with van der Waals surface area (Å²) in [6.07, 6.45) is 0. The van der Waals surface area contributed by atoms with Crippen LogP contribution in [-0.2, 0) is 9.47 Å². The normalized spacial score (nSPS) is 10.9. The fraction of sp³-hybridized carbons (Fsp3) is 0.222. The van der Waals surface area contributed by atoms with Crippen LogP contribution in [0.4, 0.5) is 0 Å². The van der Waals surface area contributed by atoms with E-state index in [-0.39, 0.29) is 11.9 Å². The molecule has 1 heterocycles. The van der Waals surface area contributed by atoms with Crippen molar-refractivity contribution >= 4 is 33.7 Å². The molecular weight excluding hydrogens is 294 g/mol. The first-order chi connectivity index (χ1) is 11.2. The summed E-state index contributed by atoms with van der Waals surface area (Å²) in [6.45, 7) is 4.20. The van der Waals surface area contributed by atoms with Crippen molar-refractivity contribution in [2.75, 3.05) is 13.2 Å². The standard InChI is InChI=1S/C18H17NO4/c1-3-22-17(20)11-8-9-15-14(10-11)12-6-5-7-13(16(12)19-15)18(21)23-4-2/h5-10,19H,3-4H2,1-2H3. The molecule has 5 nitrogen and oxygen atoms in total. The number of para-hydroxylation sites is 1. The summed E-state index contributed by atoms with van der Waals surface area (Å²) >= 11 is 0. The smallest absolute Gasteiger partial charge is 0.340 e. The first kappa shape index (κ1) is 15.1. The first-order valence-electron chi connectivity index (χ1n) is 7.54. The van der Waals surface area contributed by atoms with Crippen LogP contribution in [0.3, 0.4) is 0 Å². The maximum absolute atomic E-state index is 12.1. The van der Waals surface area contributed by atoms with Crippen LogP contribution < -0.4 is 0 Å². The van der Waals surface area contributed by atoms with Gasteiger partial charge in [-0.15, -0.1) is 0 Å². The molecule has 0 aliphatic carbocycles. The number of H-pyrrole nitrogens is 1. The molecule has 0 saturated carbocycles. The fourth-order valence-corrected chi connectivity index (χ4v) is 2.64. The molecule has 2 aromatic carbocycles. The number of hydrogen-bond donors (Lipinski definition) is 1. The Labute approximate surface area is 133 Å². The average Bonchev–Trinajstić information content (AvgIpc) is 2.93. The van der Waals surface area contributed by atoms with E-state index in [0.717, 1.165) is 16.3 Å². The molecule has 1 N–H and O–H groups in total. The molecule has 0 atom stereocenters. The molecule has 5 heteroatoms. The number of esters is 2. The Morgan fingerprint density at radius 3 is 2.43 bits per heavy atom. The number of aromatic amines is 1. The van der Waals surface area contributed by atoms with E-state index in [9.17, 15) is 9.59 Å². The van der Waals surface area contributed by atoms with Gasteiger partial charge in [0.15, 0.2) is 0 Å². The first-order valence-corrected chi connectivity index (χ1v) is 7.54. The lowest BCUT2D eigenvalue weighted by molar-refractivity contribution is 0.0518. The molecule has 0 bridgehead atoms. The van der Waals surface area contributed by atoms with Gasteiger partial charge in [0.25, 0.3) is 0 Å². The zero-order chi connectivity index (χ0) is 16.4. The summed E-state index contributed by atoms with van der Waals surface area (Å²) in [7, 11) is 0. The molecule has 0 unspecified atom stereocenters. The lowest BCUT2D eigenvalue weighted by atomic mass is 10.1. The van der Waals surface area contributed by atoms with Gasteiger partial charge in [0.05, 0.1) is 29.9 Å². The van der Waals surface area contributed by atoms with Gasteiger partial charge in [-0.05, 0) is 38.1 Å². The summed E-state index contributed by atoms with van der Waals surface area (Å²) in [5.41, 5.74) is 2.53. The van der Waals surface area contributed by atoms with Crippen molar-refractivity contribution in [3.8, 4) is 0 Å². The second-order valence-corrected chi connectivity index (χ2v) is 5.05. The van der Waals surface area contributed by atoms with Gasteiger partial charge in [-0.2, -0.15) is 0 Å². The van der Waals surface area contributed by atoms with Crippen molar-refractivity contribution in [1.29, 1.82) is 0 Å². The summed E-state index contributed by atoms with van der Waals surface area (Å²) < 4.78 is 10.1. The fourth-order valence-electron chi connectivity index (χ4n) is 2.64. The van der Waals surface area contributed by atoms with Gasteiger partial charge in [-0.1, -0.05) is 12.1 Å². The molecule has 0 fully saturated rings. The van der Waals surface area contributed by atoms with E-state index in [1.54, 1.807) is 38.1 Å². The Morgan fingerprint density at radius 1 is 0.957 bits per heavy atom. The van der Waals surface area contributed by atoms with E-state index in [2.05, 4.69) is 4.98 Å². The number of hydrogen-bond acceptors (Lipinski definition) is 4. The molecule has 0 spiro atoms. The van der Waals surface area contributed by atoms with E-state index in [1.807, 2.05) is 12.1 Å². The van der Waals surface area contributed by atoms with Crippen LogP contribution in [0.15, 0.2) is 36.4 Å². The van der Waals surface area contributed by atoms with Crippen molar-refractivity contribution in [2.24, 2.45) is 0 Å². The number of fused-ring (bicyclic) bond motifs is 3. The lowest BCUT2D eigenvalue weighted by Gasteiger charge is -2.03. The maximum Gasteiger partial charge on any atom is 0.340 e. The van der Waals surface area contributed by atoms with Crippen LogP contribution in [-0.4, -0.2) is 30.1 Å². The van der Waals surface area contributed by atoms with Crippen molar-refractivity contribution < 1.29 is 19.1 Å². The van der Waals surface area contributed by atoms with Crippen molar-refractivity contribution in [1.82, 2.24) is 4.98 Å². The van der Waals surface area contributed by atoms with E-state index in [4.69, 9.17) is 9.47 Å². The molecule has 3 rings (SSSR count). The molecule has 118 valence electrons. The zero-order valence-electron chi connectivity index (χ0n) is 13.0. The number of rotatable bonds is 4. The Morgan fingerprint density at radius 2 is 1.70 bits per heavy atom. The zero-order valence-corrected chi connectivity index (χ0v) is 13.0. The predicted octanol–water partition coefficient (Wildman–Crippen LogP) is 3.67. The molecule has 1 aromatic heterocycles. The van der Waals surface area contributed by atoms with Gasteiger partial charge in [-0.3, -0.25) is 0 Å². The minimum absolute atomic E-state index is 0.322. The number of nitrogens with one attached hydrogen (secondary N) is 1. The second kappa shape index (κ2) is 6.12. The molecule has 3 aromatic rings. The van der Waals surface area contributed by atoms with Gasteiger partial charge >= 0.3 is 11.9 Å². The van der Waals surface area contributed by atoms with E-state index in [0.29, 0.717) is 29.9 Å². The molecular formula is C18H17NO4. The molecule has 0 radical (unpaired) electrons. The largest absolute Gasteiger partial charge is 0.462 e. The Hall–Kier alpha value is -2.82. The highest BCUT2D eigenvalue weighted by atomic mass is 16.5. The number of benzene rings is 2. The van der Waals surface area contributed by atoms with Crippen molar-refractivity contribution in [2.45, 2.75) is 13.8 Å². The lowest BCUT2D eigenvalue weighted by Crippen LogP contribution is -2.05. The third-order valence-corrected chi connectivity index (χ3v) is 3.64. The third kappa shape index (κ3) is 2.65. The molecule has 0 amide bonds. The van der Waals surface area contributed by atoms with E-state index >= 15 is 0 Å². The molecule has 23 heavy (non-hydrogen) atoms. The quantitative estimate of drug-likeness (QED) is 0.746. The topological polar surface area (TPSA) is 68.4 Å². The van der Waals surface area contributed by atoms with Crippen LogP contribution >= 0.6 is 0 Å². The van der Waals surface area contributed by atoms with E-state index < -0.39 is 0 Å². The Kier molecular flexibility index (Phi) is 4.02. The van der Waals surface area contributed by atoms with Gasteiger partial charge in [-0.25, -0.2) is 9.59 Å². The molecule has 0 aliphatic rings. The van der Waals surface area contributed by atoms with Gasteiger partial charge in [0.1, 0.15) is 0 Å². The predicted molar refractivity (Wildman–Crippen MR) is 87.7 cm³/mol. The second-order valence-electron chi connectivity index (χ2n) is 5.05. The highest BCUT2D eigenvalue weighted by Crippen LogP contribution is 2.29. The maximum atomic E-state index is 12.1. The van der Waals surface area contributed by atoms with Gasteiger partial charge < -0.3 is 14.5 Å². The number of carbonyl (C=O) groups is 2. The summed E-state index contributed by atoms with van der Waals surface area (Å²) in [4.78, 5) is 27.2. The third-order valence-electron chi connectivity index (χ3n) is 3.64. The summed E-state index contributed by atoms with van der Waals surface area (Å²) in [5, 5.41) is 1.74. The molecule has 0 saturated heterocycles. The Bertz CT molecular complexity index is 895. The number of carbonyl (C=O) groups excluding carboxylic acids is 2. The average molecular weight is 311 g/mol. The van der Waals surface area contributed by atoms with Crippen molar-refractivity contribution in [3.05, 3.63) is 47.5 Å². The van der Waals surface area contributed by atoms with Crippen molar-refractivity contribution in [3.63, 3.8) is 0 Å². The van der Waals surface area contributed by atoms with Gasteiger partial charge in [0.2, 0.25) is 0 Å². The minimum Gasteiger partial charge on any atom is -0.462 e. The van der Waals surface area contributed by atoms with Crippen LogP contribution in [0.1, 0.15) is 34.6 Å².